The number of hydrogen-bond donors (Lipinski definition) is 1. The highest BCUT2D eigenvalue weighted by molar-refractivity contribution is 9.10. The summed E-state index contributed by atoms with van der Waals surface area (Å²) in [6, 6.07) is 0. The van der Waals surface area contributed by atoms with Crippen LogP contribution in [0.4, 0.5) is 0 Å². The van der Waals surface area contributed by atoms with Crippen LogP contribution in [-0.4, -0.2) is 27.9 Å². The van der Waals surface area contributed by atoms with E-state index in [-0.39, 0.29) is 0 Å². The predicted octanol–water partition coefficient (Wildman–Crippen LogP) is 1.20. The number of alkyl halides is 1. The first-order chi connectivity index (χ1) is 3.68. The molecule has 1 atom stereocenters. The van der Waals surface area contributed by atoms with Crippen LogP contribution in [0.15, 0.2) is 0 Å². The van der Waals surface area contributed by atoms with Crippen molar-refractivity contribution in [2.75, 3.05) is 12.0 Å². The average Bonchev–Trinajstić information content (AvgIpc) is 1.67. The molecular weight excluding hydrogens is 192 g/mol. The van der Waals surface area contributed by atoms with Gasteiger partial charge in [-0.25, -0.2) is 0 Å². The van der Waals surface area contributed by atoms with Crippen molar-refractivity contribution in [3.63, 3.8) is 0 Å². The Morgan fingerprint density at radius 2 is 2.50 bits per heavy atom. The molecule has 0 spiro atoms. The first-order valence-corrected chi connectivity index (χ1v) is 4.35. The van der Waals surface area contributed by atoms with Crippen LogP contribution in [0.3, 0.4) is 0 Å². The summed E-state index contributed by atoms with van der Waals surface area (Å²) in [4.78, 5) is 9.64. The van der Waals surface area contributed by atoms with E-state index in [0.717, 1.165) is 0 Å². The number of carboxylic acid groups (broad SMARTS) is 1. The lowest BCUT2D eigenvalue weighted by molar-refractivity contribution is -0.135. The van der Waals surface area contributed by atoms with Gasteiger partial charge in [0, 0.05) is 5.75 Å². The summed E-state index contributed by atoms with van der Waals surface area (Å²) in [6.45, 7) is 0. The Morgan fingerprint density at radius 3 is 2.62 bits per heavy atom. The molecule has 0 rings (SSSR count). The van der Waals surface area contributed by atoms with E-state index >= 15 is 0 Å². The molecule has 0 heterocycles. The zero-order valence-corrected chi connectivity index (χ0v) is 6.83. The quantitative estimate of drug-likeness (QED) is 0.694. The number of aliphatic carboxylic acids is 1. The lowest BCUT2D eigenvalue weighted by Crippen LogP contribution is -2.14. The van der Waals surface area contributed by atoms with E-state index in [0.29, 0.717) is 5.75 Å². The molecule has 0 radical (unpaired) electrons. The van der Waals surface area contributed by atoms with Crippen molar-refractivity contribution in [1.29, 1.82) is 0 Å². The Balaban J connectivity index is 3.32. The van der Waals surface area contributed by atoms with Crippen molar-refractivity contribution in [2.24, 2.45) is 0 Å². The number of rotatable bonds is 3. The highest BCUT2D eigenvalue weighted by Crippen LogP contribution is 2.05. The van der Waals surface area contributed by atoms with Crippen LogP contribution in [0.2, 0.25) is 0 Å². The van der Waals surface area contributed by atoms with Gasteiger partial charge in [-0.2, -0.15) is 11.8 Å². The number of carbonyl (C=O) groups is 1. The second kappa shape index (κ2) is 4.21. The highest BCUT2D eigenvalue weighted by atomic mass is 79.9. The Bertz CT molecular complexity index is 86.1. The third kappa shape index (κ3) is 3.32. The highest BCUT2D eigenvalue weighted by Gasteiger charge is 2.10. The van der Waals surface area contributed by atoms with Crippen LogP contribution in [0.5, 0.6) is 0 Å². The molecule has 0 amide bonds. The summed E-state index contributed by atoms with van der Waals surface area (Å²) >= 11 is 4.49. The van der Waals surface area contributed by atoms with E-state index in [1.807, 2.05) is 6.26 Å². The summed E-state index contributed by atoms with van der Waals surface area (Å²) in [5.41, 5.74) is 0. The largest absolute Gasteiger partial charge is 0.480 e. The number of hydrogen-bond acceptors (Lipinski definition) is 2. The minimum Gasteiger partial charge on any atom is -0.480 e. The fourth-order valence-corrected chi connectivity index (χ4v) is 1.45. The summed E-state index contributed by atoms with van der Waals surface area (Å²) in [5.74, 6) is -0.172. The topological polar surface area (TPSA) is 37.3 Å². The fourth-order valence-electron chi connectivity index (χ4n) is 0.218. The van der Waals surface area contributed by atoms with Gasteiger partial charge in [0.2, 0.25) is 0 Å². The number of halogens is 1. The minimum absolute atomic E-state index is 0.391. The van der Waals surface area contributed by atoms with E-state index in [9.17, 15) is 4.79 Å². The van der Waals surface area contributed by atoms with Crippen molar-refractivity contribution >= 4 is 33.7 Å². The van der Waals surface area contributed by atoms with Crippen LogP contribution < -0.4 is 0 Å². The van der Waals surface area contributed by atoms with Gasteiger partial charge in [0.15, 0.2) is 0 Å². The van der Waals surface area contributed by atoms with Gasteiger partial charge in [0.05, 0.1) is 0 Å². The average molecular weight is 199 g/mol. The summed E-state index contributed by atoms with van der Waals surface area (Å²) in [6.07, 6.45) is 1.87. The molecule has 0 aromatic carbocycles. The molecular formula is C4H7BrO2S. The van der Waals surface area contributed by atoms with Crippen LogP contribution >= 0.6 is 27.7 Å². The molecule has 0 fully saturated rings. The van der Waals surface area contributed by atoms with Crippen molar-refractivity contribution < 1.29 is 9.90 Å². The molecule has 2 nitrogen and oxygen atoms in total. The van der Waals surface area contributed by atoms with Crippen molar-refractivity contribution in [2.45, 2.75) is 4.83 Å². The molecule has 0 aromatic rings. The minimum atomic E-state index is -0.792. The Kier molecular flexibility index (Phi) is 4.36. The summed E-state index contributed by atoms with van der Waals surface area (Å²) < 4.78 is 0. The second-order valence-corrected chi connectivity index (χ2v) is 3.28. The maximum atomic E-state index is 10.0. The van der Waals surface area contributed by atoms with Gasteiger partial charge in [0.25, 0.3) is 0 Å². The maximum absolute atomic E-state index is 10.0. The van der Waals surface area contributed by atoms with Crippen LogP contribution in [0, 0.1) is 0 Å². The molecule has 8 heavy (non-hydrogen) atoms. The monoisotopic (exact) mass is 198 g/mol. The third-order valence-corrected chi connectivity index (χ3v) is 2.39. The van der Waals surface area contributed by atoms with Crippen molar-refractivity contribution in [1.82, 2.24) is 0 Å². The fraction of sp³-hybridized carbons (Fsp3) is 0.750. The summed E-state index contributed by atoms with van der Waals surface area (Å²) in [7, 11) is 0. The number of thioether (sulfide) groups is 1. The molecule has 0 bridgehead atoms. The summed E-state index contributed by atoms with van der Waals surface area (Å²) in [5, 5.41) is 8.25. The van der Waals surface area contributed by atoms with Crippen molar-refractivity contribution in [3.8, 4) is 0 Å². The standard InChI is InChI=1S/C4H7BrO2S/c1-8-2-3(5)4(6)7/h3H,2H2,1H3,(H,6,7). The van der Waals surface area contributed by atoms with Crippen LogP contribution in [0.1, 0.15) is 0 Å². The molecule has 0 aliphatic rings. The molecule has 48 valence electrons. The van der Waals surface area contributed by atoms with Gasteiger partial charge in [-0.05, 0) is 6.26 Å². The Labute approximate surface area is 60.8 Å². The molecule has 0 saturated carbocycles. The molecule has 1 unspecified atom stereocenters. The van der Waals surface area contributed by atoms with E-state index in [4.69, 9.17) is 5.11 Å². The zero-order valence-electron chi connectivity index (χ0n) is 4.43. The lowest BCUT2D eigenvalue weighted by Gasteiger charge is -1.97. The van der Waals surface area contributed by atoms with E-state index in [1.165, 1.54) is 11.8 Å². The zero-order chi connectivity index (χ0) is 6.57. The van der Waals surface area contributed by atoms with E-state index in [2.05, 4.69) is 15.9 Å². The van der Waals surface area contributed by atoms with Gasteiger partial charge in [-0.3, -0.25) is 4.79 Å². The molecule has 1 N–H and O–H groups in total. The van der Waals surface area contributed by atoms with Crippen molar-refractivity contribution in [3.05, 3.63) is 0 Å². The first-order valence-electron chi connectivity index (χ1n) is 2.04. The molecule has 0 aliphatic carbocycles. The van der Waals surface area contributed by atoms with Crippen LogP contribution in [-0.2, 0) is 4.79 Å². The third-order valence-electron chi connectivity index (χ3n) is 0.581. The SMILES string of the molecule is CSCC(Br)C(=O)O. The van der Waals surface area contributed by atoms with Crippen LogP contribution in [0.25, 0.3) is 0 Å². The normalized spacial score (nSPS) is 13.2. The Hall–Kier alpha value is 0.300. The smallest absolute Gasteiger partial charge is 0.318 e. The van der Waals surface area contributed by atoms with E-state index < -0.39 is 10.8 Å². The first kappa shape index (κ1) is 8.30. The molecule has 0 aliphatic heterocycles. The van der Waals surface area contributed by atoms with Gasteiger partial charge in [-0.15, -0.1) is 0 Å². The Morgan fingerprint density at radius 1 is 2.00 bits per heavy atom. The van der Waals surface area contributed by atoms with Gasteiger partial charge < -0.3 is 5.11 Å². The molecule has 4 heteroatoms. The van der Waals surface area contributed by atoms with Gasteiger partial charge >= 0.3 is 5.97 Å². The lowest BCUT2D eigenvalue weighted by atomic mass is 10.5. The molecule has 0 aromatic heterocycles. The predicted molar refractivity (Wildman–Crippen MR) is 38.7 cm³/mol. The second-order valence-electron chi connectivity index (χ2n) is 1.26. The van der Waals surface area contributed by atoms with E-state index in [1.54, 1.807) is 0 Å². The molecule has 0 saturated heterocycles. The van der Waals surface area contributed by atoms with Gasteiger partial charge in [0.1, 0.15) is 4.83 Å². The van der Waals surface area contributed by atoms with Gasteiger partial charge in [-0.1, -0.05) is 15.9 Å². The number of carboxylic acids is 1. The maximum Gasteiger partial charge on any atom is 0.318 e.